The largest absolute Gasteiger partial charge is 0.438 e. The monoisotopic (exact) mass is 442 g/mol. The van der Waals surface area contributed by atoms with E-state index in [-0.39, 0.29) is 16.8 Å². The molecular weight excluding hydrogens is 429 g/mol. The molecule has 31 heavy (non-hydrogen) atoms. The molecule has 0 saturated carbocycles. The maximum Gasteiger partial charge on any atom is 0.416 e. The molecule has 0 unspecified atom stereocenters. The zero-order valence-corrected chi connectivity index (χ0v) is 16.5. The molecule has 0 aliphatic heterocycles. The van der Waals surface area contributed by atoms with Gasteiger partial charge in [0.15, 0.2) is 0 Å². The first-order chi connectivity index (χ1) is 14.8. The first-order valence-corrected chi connectivity index (χ1v) is 9.49. The van der Waals surface area contributed by atoms with E-state index in [1.807, 2.05) is 0 Å². The predicted molar refractivity (Wildman–Crippen MR) is 112 cm³/mol. The lowest BCUT2D eigenvalue weighted by Crippen LogP contribution is -2.21. The molecule has 0 atom stereocenters. The molecule has 0 fully saturated rings. The van der Waals surface area contributed by atoms with Crippen LogP contribution in [0.15, 0.2) is 88.3 Å². The number of nitrogens with one attached hydrogen (secondary N) is 1. The number of carbonyl (C=O) groups excluding carboxylic acids is 1. The van der Waals surface area contributed by atoms with E-state index in [1.54, 1.807) is 54.6 Å². The minimum absolute atomic E-state index is 0.00870. The van der Waals surface area contributed by atoms with Crippen molar-refractivity contribution in [2.45, 2.75) is 6.18 Å². The third-order valence-electron chi connectivity index (χ3n) is 4.41. The van der Waals surface area contributed by atoms with Gasteiger partial charge in [0.2, 0.25) is 5.55 Å². The average molecular weight is 443 g/mol. The van der Waals surface area contributed by atoms with E-state index in [2.05, 4.69) is 10.3 Å². The maximum absolute atomic E-state index is 13.1. The fraction of sp³-hybridized carbons (Fsp3) is 0.0435. The molecule has 4 rings (SSSR count). The molecule has 4 nitrogen and oxygen atoms in total. The molecule has 3 aromatic carbocycles. The van der Waals surface area contributed by atoms with Crippen LogP contribution < -0.4 is 10.9 Å². The minimum Gasteiger partial charge on any atom is -0.438 e. The highest BCUT2D eigenvalue weighted by atomic mass is 35.5. The van der Waals surface area contributed by atoms with Crippen LogP contribution in [-0.4, -0.2) is 5.91 Å². The van der Waals surface area contributed by atoms with Crippen LogP contribution in [0.4, 0.5) is 24.5 Å². The summed E-state index contributed by atoms with van der Waals surface area (Å²) < 4.78 is 44.9. The number of alkyl halides is 3. The lowest BCUT2D eigenvalue weighted by Gasteiger charge is -2.08. The molecule has 8 heteroatoms. The third kappa shape index (κ3) is 4.78. The summed E-state index contributed by atoms with van der Waals surface area (Å²) in [5, 5.41) is 3.87. The van der Waals surface area contributed by atoms with Gasteiger partial charge in [0.25, 0.3) is 5.91 Å². The molecule has 4 aromatic rings. The third-order valence-corrected chi connectivity index (χ3v) is 4.66. The van der Waals surface area contributed by atoms with E-state index in [0.717, 1.165) is 12.1 Å². The molecular formula is C23H14ClF3N2O2. The van der Waals surface area contributed by atoms with Gasteiger partial charge in [0.05, 0.1) is 11.3 Å². The van der Waals surface area contributed by atoms with Gasteiger partial charge in [-0.2, -0.15) is 13.2 Å². The highest BCUT2D eigenvalue weighted by Crippen LogP contribution is 2.31. The maximum atomic E-state index is 13.1. The molecule has 0 spiro atoms. The number of para-hydroxylation sites is 1. The van der Waals surface area contributed by atoms with Crippen LogP contribution in [0.3, 0.4) is 0 Å². The van der Waals surface area contributed by atoms with Gasteiger partial charge in [0, 0.05) is 16.1 Å². The van der Waals surface area contributed by atoms with Crippen LogP contribution in [0, 0.1) is 0 Å². The summed E-state index contributed by atoms with van der Waals surface area (Å²) in [5.41, 5.74) is 0.0653. The SMILES string of the molecule is O=C(Nc1ccc(Cl)cc1)c1cc2ccccc2oc1=Nc1cccc(C(F)(F)F)c1. The number of rotatable bonds is 3. The van der Waals surface area contributed by atoms with Gasteiger partial charge >= 0.3 is 6.18 Å². The van der Waals surface area contributed by atoms with E-state index in [0.29, 0.717) is 21.7 Å². The Hall–Kier alpha value is -3.58. The summed E-state index contributed by atoms with van der Waals surface area (Å²) >= 11 is 5.87. The molecule has 1 N–H and O–H groups in total. The molecule has 0 saturated heterocycles. The summed E-state index contributed by atoms with van der Waals surface area (Å²) in [6, 6.07) is 19.5. The highest BCUT2D eigenvalue weighted by Gasteiger charge is 2.30. The van der Waals surface area contributed by atoms with Crippen molar-refractivity contribution in [2.75, 3.05) is 5.32 Å². The zero-order chi connectivity index (χ0) is 22.0. The molecule has 1 amide bonds. The van der Waals surface area contributed by atoms with Crippen molar-refractivity contribution < 1.29 is 22.4 Å². The van der Waals surface area contributed by atoms with Crippen molar-refractivity contribution in [3.05, 3.63) is 101 Å². The van der Waals surface area contributed by atoms with Crippen molar-refractivity contribution in [1.29, 1.82) is 0 Å². The molecule has 1 aromatic heterocycles. The Morgan fingerprint density at radius 2 is 1.68 bits per heavy atom. The Kier molecular flexibility index (Phi) is 5.52. The van der Waals surface area contributed by atoms with Crippen molar-refractivity contribution >= 4 is 39.9 Å². The minimum atomic E-state index is -4.51. The Balaban J connectivity index is 1.83. The van der Waals surface area contributed by atoms with Gasteiger partial charge in [-0.15, -0.1) is 0 Å². The van der Waals surface area contributed by atoms with E-state index >= 15 is 0 Å². The Bertz CT molecular complexity index is 1330. The molecule has 156 valence electrons. The van der Waals surface area contributed by atoms with E-state index in [1.165, 1.54) is 12.1 Å². The van der Waals surface area contributed by atoms with Crippen molar-refractivity contribution in [3.8, 4) is 0 Å². The fourth-order valence-electron chi connectivity index (χ4n) is 2.92. The highest BCUT2D eigenvalue weighted by molar-refractivity contribution is 6.30. The smallest absolute Gasteiger partial charge is 0.416 e. The second-order valence-electron chi connectivity index (χ2n) is 6.62. The number of carbonyl (C=O) groups is 1. The molecule has 0 aliphatic rings. The summed E-state index contributed by atoms with van der Waals surface area (Å²) in [6.07, 6.45) is -4.51. The summed E-state index contributed by atoms with van der Waals surface area (Å²) in [7, 11) is 0. The Morgan fingerprint density at radius 3 is 2.42 bits per heavy atom. The Morgan fingerprint density at radius 1 is 0.935 bits per heavy atom. The molecule has 1 heterocycles. The zero-order valence-electron chi connectivity index (χ0n) is 15.8. The van der Waals surface area contributed by atoms with Gasteiger partial charge < -0.3 is 9.73 Å². The number of anilines is 1. The number of fused-ring (bicyclic) bond motifs is 1. The lowest BCUT2D eigenvalue weighted by atomic mass is 10.1. The van der Waals surface area contributed by atoms with E-state index in [9.17, 15) is 18.0 Å². The normalized spacial score (nSPS) is 12.2. The van der Waals surface area contributed by atoms with Crippen LogP contribution in [0.25, 0.3) is 11.0 Å². The fourth-order valence-corrected chi connectivity index (χ4v) is 3.04. The number of benzene rings is 3. The number of nitrogens with zero attached hydrogens (tertiary/aromatic N) is 1. The van der Waals surface area contributed by atoms with Gasteiger partial charge in [-0.05, 0) is 54.6 Å². The summed E-state index contributed by atoms with van der Waals surface area (Å²) in [5.74, 6) is -0.525. The van der Waals surface area contributed by atoms with E-state index in [4.69, 9.17) is 16.0 Å². The van der Waals surface area contributed by atoms with Crippen LogP contribution >= 0.6 is 11.6 Å². The number of hydrogen-bond acceptors (Lipinski definition) is 3. The van der Waals surface area contributed by atoms with Crippen molar-refractivity contribution in [1.82, 2.24) is 0 Å². The van der Waals surface area contributed by atoms with Crippen molar-refractivity contribution in [2.24, 2.45) is 4.99 Å². The standard InChI is InChI=1S/C23H14ClF3N2O2/c24-16-8-10-17(11-9-16)28-21(30)19-12-14-4-1-2-7-20(14)31-22(19)29-18-6-3-5-15(13-18)23(25,26)27/h1-13H,(H,28,30). The van der Waals surface area contributed by atoms with Crippen molar-refractivity contribution in [3.63, 3.8) is 0 Å². The number of amides is 1. The molecule has 0 radical (unpaired) electrons. The topological polar surface area (TPSA) is 54.6 Å². The number of halogens is 4. The van der Waals surface area contributed by atoms with Crippen LogP contribution in [-0.2, 0) is 6.18 Å². The molecule has 0 aliphatic carbocycles. The van der Waals surface area contributed by atoms with Crippen LogP contribution in [0.1, 0.15) is 15.9 Å². The van der Waals surface area contributed by atoms with Gasteiger partial charge in [-0.1, -0.05) is 35.9 Å². The quantitative estimate of drug-likeness (QED) is 0.389. The van der Waals surface area contributed by atoms with Crippen LogP contribution in [0.2, 0.25) is 5.02 Å². The molecule has 0 bridgehead atoms. The average Bonchev–Trinajstić information content (AvgIpc) is 2.74. The van der Waals surface area contributed by atoms with Gasteiger partial charge in [0.1, 0.15) is 11.1 Å². The predicted octanol–water partition coefficient (Wildman–Crippen LogP) is 6.59. The second kappa shape index (κ2) is 8.28. The second-order valence-corrected chi connectivity index (χ2v) is 7.06. The van der Waals surface area contributed by atoms with Gasteiger partial charge in [-0.25, -0.2) is 4.99 Å². The van der Waals surface area contributed by atoms with Gasteiger partial charge in [-0.3, -0.25) is 4.79 Å². The van der Waals surface area contributed by atoms with Crippen LogP contribution in [0.5, 0.6) is 0 Å². The first kappa shape index (κ1) is 20.7. The first-order valence-electron chi connectivity index (χ1n) is 9.11. The number of hydrogen-bond donors (Lipinski definition) is 1. The Labute approximate surface area is 179 Å². The lowest BCUT2D eigenvalue weighted by molar-refractivity contribution is -0.137. The summed E-state index contributed by atoms with van der Waals surface area (Å²) in [6.45, 7) is 0. The van der Waals surface area contributed by atoms with E-state index < -0.39 is 17.6 Å². The summed E-state index contributed by atoms with van der Waals surface area (Å²) in [4.78, 5) is 17.1.